The predicted molar refractivity (Wildman–Crippen MR) is 110 cm³/mol. The Morgan fingerprint density at radius 1 is 1.08 bits per heavy atom. The van der Waals surface area contributed by atoms with Gasteiger partial charge in [0, 0.05) is 6.08 Å². The molecular weight excluding hydrogens is 324 g/mol. The number of benzene rings is 1. The third-order valence-corrected chi connectivity index (χ3v) is 4.05. The second-order valence-corrected chi connectivity index (χ2v) is 6.85. The van der Waals surface area contributed by atoms with Crippen LogP contribution in [0.15, 0.2) is 47.6 Å². The van der Waals surface area contributed by atoms with Gasteiger partial charge < -0.3 is 9.84 Å². The lowest BCUT2D eigenvalue weighted by atomic mass is 9.96. The Morgan fingerprint density at radius 2 is 1.73 bits per heavy atom. The van der Waals surface area contributed by atoms with Crippen LogP contribution in [0.1, 0.15) is 49.9 Å². The SMILES string of the molecule is CC(/C=C/c1c(C)cc(OC(C)C)c(C)c1C)=C\C=C\C(C)=C\C(=O)O. The van der Waals surface area contributed by atoms with Gasteiger partial charge in [-0.05, 0) is 82.4 Å². The molecule has 1 aromatic carbocycles. The van der Waals surface area contributed by atoms with Crippen molar-refractivity contribution < 1.29 is 14.6 Å². The number of carbonyl (C=O) groups is 1. The molecule has 0 bridgehead atoms. The van der Waals surface area contributed by atoms with Crippen LogP contribution in [0.25, 0.3) is 6.08 Å². The van der Waals surface area contributed by atoms with Crippen molar-refractivity contribution in [2.45, 2.75) is 54.6 Å². The first kappa shape index (κ1) is 21.5. The average Bonchev–Trinajstić information content (AvgIpc) is 2.51. The second kappa shape index (κ2) is 9.81. The van der Waals surface area contributed by atoms with E-state index in [0.717, 1.165) is 11.3 Å². The maximum atomic E-state index is 10.6. The highest BCUT2D eigenvalue weighted by Gasteiger charge is 2.10. The highest BCUT2D eigenvalue weighted by atomic mass is 16.5. The van der Waals surface area contributed by atoms with Gasteiger partial charge in [0.25, 0.3) is 0 Å². The molecular formula is C23H30O3. The number of hydrogen-bond acceptors (Lipinski definition) is 2. The zero-order chi connectivity index (χ0) is 19.9. The number of aliphatic carboxylic acids is 1. The fourth-order valence-corrected chi connectivity index (χ4v) is 2.56. The molecule has 3 nitrogen and oxygen atoms in total. The highest BCUT2D eigenvalue weighted by molar-refractivity contribution is 5.81. The first-order valence-corrected chi connectivity index (χ1v) is 8.83. The largest absolute Gasteiger partial charge is 0.491 e. The van der Waals surface area contributed by atoms with Gasteiger partial charge in [0.05, 0.1) is 6.10 Å². The van der Waals surface area contributed by atoms with Gasteiger partial charge in [0.15, 0.2) is 0 Å². The van der Waals surface area contributed by atoms with E-state index in [1.165, 1.54) is 28.3 Å². The lowest BCUT2D eigenvalue weighted by Gasteiger charge is -2.17. The monoisotopic (exact) mass is 354 g/mol. The minimum atomic E-state index is -0.932. The van der Waals surface area contributed by atoms with E-state index < -0.39 is 5.97 Å². The number of carboxylic acids is 1. The van der Waals surface area contributed by atoms with Crippen LogP contribution in [0.3, 0.4) is 0 Å². The maximum absolute atomic E-state index is 10.6. The Balaban J connectivity index is 3.00. The molecule has 0 aliphatic carbocycles. The van der Waals surface area contributed by atoms with Crippen LogP contribution in [-0.4, -0.2) is 17.2 Å². The molecule has 1 rings (SSSR count). The fourth-order valence-electron chi connectivity index (χ4n) is 2.56. The predicted octanol–water partition coefficient (Wildman–Crippen LogP) is 5.95. The highest BCUT2D eigenvalue weighted by Crippen LogP contribution is 2.29. The summed E-state index contributed by atoms with van der Waals surface area (Å²) in [6, 6.07) is 2.10. The van der Waals surface area contributed by atoms with Crippen LogP contribution in [0.4, 0.5) is 0 Å². The van der Waals surface area contributed by atoms with Crippen molar-refractivity contribution in [2.24, 2.45) is 0 Å². The number of hydrogen-bond donors (Lipinski definition) is 1. The van der Waals surface area contributed by atoms with Crippen LogP contribution in [0.5, 0.6) is 5.75 Å². The molecule has 0 amide bonds. The van der Waals surface area contributed by atoms with Crippen molar-refractivity contribution in [2.75, 3.05) is 0 Å². The Morgan fingerprint density at radius 3 is 2.31 bits per heavy atom. The molecule has 0 fully saturated rings. The lowest BCUT2D eigenvalue weighted by Crippen LogP contribution is -2.08. The summed E-state index contributed by atoms with van der Waals surface area (Å²) in [7, 11) is 0. The second-order valence-electron chi connectivity index (χ2n) is 6.85. The molecule has 1 aromatic rings. The van der Waals surface area contributed by atoms with E-state index in [0.29, 0.717) is 5.57 Å². The van der Waals surface area contributed by atoms with Gasteiger partial charge in [0.1, 0.15) is 5.75 Å². The van der Waals surface area contributed by atoms with E-state index in [4.69, 9.17) is 9.84 Å². The molecule has 0 saturated heterocycles. The van der Waals surface area contributed by atoms with Gasteiger partial charge in [-0.25, -0.2) is 4.79 Å². The van der Waals surface area contributed by atoms with E-state index >= 15 is 0 Å². The molecule has 0 heterocycles. The summed E-state index contributed by atoms with van der Waals surface area (Å²) in [5.41, 5.74) is 6.57. The molecule has 1 N–H and O–H groups in total. The molecule has 140 valence electrons. The minimum absolute atomic E-state index is 0.157. The quantitative estimate of drug-likeness (QED) is 0.486. The van der Waals surface area contributed by atoms with Crippen LogP contribution >= 0.6 is 0 Å². The molecule has 0 unspecified atom stereocenters. The summed E-state index contributed by atoms with van der Waals surface area (Å²) in [5, 5.41) is 8.70. The van der Waals surface area contributed by atoms with Crippen molar-refractivity contribution >= 4 is 12.0 Å². The summed E-state index contributed by atoms with van der Waals surface area (Å²) in [5.74, 6) is 0.0157. The fraction of sp³-hybridized carbons (Fsp3) is 0.348. The first-order chi connectivity index (χ1) is 12.1. The zero-order valence-electron chi connectivity index (χ0n) is 16.9. The number of aryl methyl sites for hydroxylation is 1. The molecule has 26 heavy (non-hydrogen) atoms. The lowest BCUT2D eigenvalue weighted by molar-refractivity contribution is -0.131. The van der Waals surface area contributed by atoms with Crippen molar-refractivity contribution in [1.82, 2.24) is 0 Å². The minimum Gasteiger partial charge on any atom is -0.491 e. The van der Waals surface area contributed by atoms with Crippen molar-refractivity contribution in [1.29, 1.82) is 0 Å². The van der Waals surface area contributed by atoms with Gasteiger partial charge in [-0.1, -0.05) is 36.0 Å². The van der Waals surface area contributed by atoms with Gasteiger partial charge >= 0.3 is 5.97 Å². The number of allylic oxidation sites excluding steroid dienone is 6. The van der Waals surface area contributed by atoms with E-state index in [1.807, 2.05) is 32.9 Å². The molecule has 0 saturated carbocycles. The van der Waals surface area contributed by atoms with Crippen molar-refractivity contribution in [3.05, 3.63) is 69.8 Å². The van der Waals surface area contributed by atoms with Crippen LogP contribution < -0.4 is 4.74 Å². The average molecular weight is 354 g/mol. The summed E-state index contributed by atoms with van der Waals surface area (Å²) < 4.78 is 5.90. The number of ether oxygens (including phenoxy) is 1. The Kier molecular flexibility index (Phi) is 8.11. The standard InChI is InChI=1S/C23H30O3/c1-15(2)26-22-14-18(5)21(19(6)20(22)7)12-11-16(3)9-8-10-17(4)13-23(24)25/h8-15H,1-7H3,(H,24,25)/b10-8+,12-11+,16-9+,17-13+. The van der Waals surface area contributed by atoms with Gasteiger partial charge in [-0.15, -0.1) is 0 Å². The number of rotatable bonds is 7. The van der Waals surface area contributed by atoms with Gasteiger partial charge in [-0.3, -0.25) is 0 Å². The Hall–Kier alpha value is -2.55. The summed E-state index contributed by atoms with van der Waals surface area (Å²) in [6.07, 6.45) is 11.1. The molecule has 0 aliphatic rings. The maximum Gasteiger partial charge on any atom is 0.328 e. The van der Waals surface area contributed by atoms with Crippen LogP contribution in [0.2, 0.25) is 0 Å². The third kappa shape index (κ3) is 6.75. The Labute approximate surface area is 157 Å². The van der Waals surface area contributed by atoms with E-state index in [1.54, 1.807) is 13.0 Å². The zero-order valence-corrected chi connectivity index (χ0v) is 16.9. The third-order valence-electron chi connectivity index (χ3n) is 4.05. The first-order valence-electron chi connectivity index (χ1n) is 8.83. The summed E-state index contributed by atoms with van der Waals surface area (Å²) in [6.45, 7) is 14.2. The molecule has 3 heteroatoms. The summed E-state index contributed by atoms with van der Waals surface area (Å²) >= 11 is 0. The molecule has 0 spiro atoms. The smallest absolute Gasteiger partial charge is 0.328 e. The molecule has 0 aliphatic heterocycles. The van der Waals surface area contributed by atoms with Crippen molar-refractivity contribution in [3.8, 4) is 5.75 Å². The topological polar surface area (TPSA) is 46.5 Å². The molecule has 0 aromatic heterocycles. The van der Waals surface area contributed by atoms with Gasteiger partial charge in [0.2, 0.25) is 0 Å². The molecule has 0 radical (unpaired) electrons. The molecule has 0 atom stereocenters. The van der Waals surface area contributed by atoms with E-state index in [2.05, 4.69) is 39.0 Å². The van der Waals surface area contributed by atoms with E-state index in [9.17, 15) is 4.79 Å². The summed E-state index contributed by atoms with van der Waals surface area (Å²) in [4.78, 5) is 10.6. The number of carboxylic acid groups (broad SMARTS) is 1. The normalized spacial score (nSPS) is 13.2. The van der Waals surface area contributed by atoms with Crippen molar-refractivity contribution in [3.63, 3.8) is 0 Å². The van der Waals surface area contributed by atoms with Crippen LogP contribution in [-0.2, 0) is 4.79 Å². The van der Waals surface area contributed by atoms with Gasteiger partial charge in [-0.2, -0.15) is 0 Å². The Bertz CT molecular complexity index is 775. The van der Waals surface area contributed by atoms with E-state index in [-0.39, 0.29) is 6.10 Å². The van der Waals surface area contributed by atoms with Crippen LogP contribution in [0, 0.1) is 20.8 Å².